The maximum absolute atomic E-state index is 12.6. The molecule has 1 saturated carbocycles. The Morgan fingerprint density at radius 3 is 2.67 bits per heavy atom. The van der Waals surface area contributed by atoms with Gasteiger partial charge in [-0.2, -0.15) is 4.31 Å². The van der Waals surface area contributed by atoms with Gasteiger partial charge in [-0.25, -0.2) is 13.2 Å². The second-order valence-electron chi connectivity index (χ2n) is 4.81. The number of nitrogens with zero attached hydrogens (tertiary/aromatic N) is 1. The van der Waals surface area contributed by atoms with Crippen molar-refractivity contribution in [1.82, 2.24) is 4.31 Å². The van der Waals surface area contributed by atoms with E-state index < -0.39 is 16.0 Å². The molecule has 1 aliphatic rings. The Morgan fingerprint density at radius 2 is 2.10 bits per heavy atom. The number of aliphatic carboxylic acids is 1. The van der Waals surface area contributed by atoms with Crippen LogP contribution in [0.5, 0.6) is 0 Å². The number of aliphatic hydroxyl groups excluding tert-OH is 1. The molecule has 1 fully saturated rings. The van der Waals surface area contributed by atoms with E-state index >= 15 is 0 Å². The molecule has 0 aromatic heterocycles. The molecule has 2 rings (SSSR count). The number of sulfonamides is 1. The van der Waals surface area contributed by atoms with Crippen LogP contribution in [0.25, 0.3) is 6.08 Å². The molecule has 6 nitrogen and oxygen atoms in total. The van der Waals surface area contributed by atoms with Crippen LogP contribution in [0.4, 0.5) is 0 Å². The minimum absolute atomic E-state index is 0.0413. The number of carbonyl (C=O) groups is 1. The predicted molar refractivity (Wildman–Crippen MR) is 77.1 cm³/mol. The summed E-state index contributed by atoms with van der Waals surface area (Å²) in [4.78, 5) is 10.6. The molecule has 0 atom stereocenters. The summed E-state index contributed by atoms with van der Waals surface area (Å²) >= 11 is 0. The van der Waals surface area contributed by atoms with Crippen LogP contribution in [-0.2, 0) is 14.8 Å². The number of aliphatic hydroxyl groups is 1. The van der Waals surface area contributed by atoms with E-state index in [-0.39, 0.29) is 24.1 Å². The summed E-state index contributed by atoms with van der Waals surface area (Å²) in [7, 11) is -3.67. The van der Waals surface area contributed by atoms with E-state index in [0.29, 0.717) is 5.56 Å². The van der Waals surface area contributed by atoms with Gasteiger partial charge in [-0.05, 0) is 36.6 Å². The molecule has 0 heterocycles. The smallest absolute Gasteiger partial charge is 0.328 e. The first-order valence-electron chi connectivity index (χ1n) is 6.59. The van der Waals surface area contributed by atoms with Gasteiger partial charge in [0, 0.05) is 18.7 Å². The highest BCUT2D eigenvalue weighted by molar-refractivity contribution is 7.89. The van der Waals surface area contributed by atoms with Crippen molar-refractivity contribution >= 4 is 22.1 Å². The van der Waals surface area contributed by atoms with Gasteiger partial charge >= 0.3 is 5.97 Å². The molecule has 1 aliphatic carbocycles. The van der Waals surface area contributed by atoms with Crippen molar-refractivity contribution in [3.8, 4) is 0 Å². The van der Waals surface area contributed by atoms with E-state index in [1.807, 2.05) is 0 Å². The molecule has 7 heteroatoms. The zero-order chi connectivity index (χ0) is 15.5. The lowest BCUT2D eigenvalue weighted by molar-refractivity contribution is -0.131. The Kier molecular flexibility index (Phi) is 4.76. The summed E-state index contributed by atoms with van der Waals surface area (Å²) in [5.41, 5.74) is 0.498. The van der Waals surface area contributed by atoms with Crippen molar-refractivity contribution in [1.29, 1.82) is 0 Å². The molecule has 0 saturated heterocycles. The lowest BCUT2D eigenvalue weighted by Gasteiger charge is -2.21. The van der Waals surface area contributed by atoms with E-state index in [9.17, 15) is 13.2 Å². The molecule has 0 aliphatic heterocycles. The molecule has 0 amide bonds. The van der Waals surface area contributed by atoms with Crippen LogP contribution in [0.2, 0.25) is 0 Å². The van der Waals surface area contributed by atoms with Crippen molar-refractivity contribution in [3.05, 3.63) is 35.9 Å². The first kappa shape index (κ1) is 15.7. The van der Waals surface area contributed by atoms with Crippen LogP contribution >= 0.6 is 0 Å². The third-order valence-electron chi connectivity index (χ3n) is 3.16. The zero-order valence-electron chi connectivity index (χ0n) is 11.3. The van der Waals surface area contributed by atoms with Crippen molar-refractivity contribution in [2.75, 3.05) is 13.2 Å². The van der Waals surface area contributed by atoms with Gasteiger partial charge in [0.1, 0.15) is 0 Å². The number of carboxylic acids is 1. The maximum atomic E-state index is 12.6. The van der Waals surface area contributed by atoms with Crippen molar-refractivity contribution in [2.24, 2.45) is 0 Å². The van der Waals surface area contributed by atoms with Crippen molar-refractivity contribution in [2.45, 2.75) is 23.8 Å². The highest BCUT2D eigenvalue weighted by Gasteiger charge is 2.37. The molecular formula is C14H17NO5S. The minimum Gasteiger partial charge on any atom is -0.478 e. The number of hydrogen-bond acceptors (Lipinski definition) is 4. The summed E-state index contributed by atoms with van der Waals surface area (Å²) in [5, 5.41) is 17.6. The summed E-state index contributed by atoms with van der Waals surface area (Å²) in [6, 6.07) is 6.06. The minimum atomic E-state index is -3.67. The van der Waals surface area contributed by atoms with Gasteiger partial charge in [-0.1, -0.05) is 12.1 Å². The third-order valence-corrected chi connectivity index (χ3v) is 5.11. The lowest BCUT2D eigenvalue weighted by Crippen LogP contribution is -2.35. The quantitative estimate of drug-likeness (QED) is 0.730. The maximum Gasteiger partial charge on any atom is 0.328 e. The lowest BCUT2D eigenvalue weighted by atomic mass is 10.2. The van der Waals surface area contributed by atoms with E-state index in [1.165, 1.54) is 22.5 Å². The topological polar surface area (TPSA) is 94.9 Å². The van der Waals surface area contributed by atoms with E-state index in [0.717, 1.165) is 18.9 Å². The Morgan fingerprint density at radius 1 is 1.38 bits per heavy atom. The molecule has 0 bridgehead atoms. The number of rotatable bonds is 7. The largest absolute Gasteiger partial charge is 0.478 e. The van der Waals surface area contributed by atoms with Crippen LogP contribution in [0.1, 0.15) is 18.4 Å². The second kappa shape index (κ2) is 6.38. The van der Waals surface area contributed by atoms with Gasteiger partial charge in [-0.3, -0.25) is 0 Å². The SMILES string of the molecule is O=C(O)C=Cc1cccc(S(=O)(=O)N(CCO)C2CC2)c1. The van der Waals surface area contributed by atoms with Crippen molar-refractivity contribution < 1.29 is 23.4 Å². The van der Waals surface area contributed by atoms with Crippen LogP contribution < -0.4 is 0 Å². The first-order valence-corrected chi connectivity index (χ1v) is 8.03. The standard InChI is InChI=1S/C14H17NO5S/c16-9-8-15(12-5-6-12)21(19,20)13-3-1-2-11(10-13)4-7-14(17)18/h1-4,7,10,12,16H,5-6,8-9H2,(H,17,18). The van der Waals surface area contributed by atoms with Gasteiger partial charge in [0.05, 0.1) is 11.5 Å². The summed E-state index contributed by atoms with van der Waals surface area (Å²) in [6.07, 6.45) is 3.91. The Balaban J connectivity index is 2.31. The molecule has 1 aromatic rings. The Bertz CT molecular complexity index is 649. The van der Waals surface area contributed by atoms with Crippen molar-refractivity contribution in [3.63, 3.8) is 0 Å². The molecule has 21 heavy (non-hydrogen) atoms. The molecular weight excluding hydrogens is 294 g/mol. The highest BCUT2D eigenvalue weighted by atomic mass is 32.2. The first-order chi connectivity index (χ1) is 9.95. The fraction of sp³-hybridized carbons (Fsp3) is 0.357. The fourth-order valence-electron chi connectivity index (χ4n) is 2.04. The van der Waals surface area contributed by atoms with Gasteiger partial charge in [0.2, 0.25) is 10.0 Å². The van der Waals surface area contributed by atoms with Crippen LogP contribution in [-0.4, -0.2) is 48.1 Å². The van der Waals surface area contributed by atoms with E-state index in [2.05, 4.69) is 0 Å². The molecule has 0 unspecified atom stereocenters. The normalized spacial score (nSPS) is 15.7. The molecule has 114 valence electrons. The zero-order valence-corrected chi connectivity index (χ0v) is 12.2. The Labute approximate surface area is 123 Å². The van der Waals surface area contributed by atoms with Crippen LogP contribution in [0.15, 0.2) is 35.2 Å². The third kappa shape index (κ3) is 3.90. The average Bonchev–Trinajstić information content (AvgIpc) is 3.27. The van der Waals surface area contributed by atoms with Gasteiger partial charge in [0.25, 0.3) is 0 Å². The fourth-order valence-corrected chi connectivity index (χ4v) is 3.77. The van der Waals surface area contributed by atoms with Gasteiger partial charge < -0.3 is 10.2 Å². The van der Waals surface area contributed by atoms with Crippen LogP contribution in [0.3, 0.4) is 0 Å². The monoisotopic (exact) mass is 311 g/mol. The number of hydrogen-bond donors (Lipinski definition) is 2. The number of carboxylic acid groups (broad SMARTS) is 1. The van der Waals surface area contributed by atoms with Gasteiger partial charge in [0.15, 0.2) is 0 Å². The second-order valence-corrected chi connectivity index (χ2v) is 6.71. The molecule has 0 radical (unpaired) electrons. The summed E-state index contributed by atoms with van der Waals surface area (Å²) in [5.74, 6) is -1.09. The highest BCUT2D eigenvalue weighted by Crippen LogP contribution is 2.31. The van der Waals surface area contributed by atoms with Crippen LogP contribution in [0, 0.1) is 0 Å². The predicted octanol–water partition coefficient (Wildman–Crippen LogP) is 0.930. The molecule has 2 N–H and O–H groups in total. The van der Waals surface area contributed by atoms with Gasteiger partial charge in [-0.15, -0.1) is 0 Å². The molecule has 0 spiro atoms. The van der Waals surface area contributed by atoms with E-state index in [1.54, 1.807) is 12.1 Å². The summed E-state index contributed by atoms with van der Waals surface area (Å²) < 4.78 is 26.4. The molecule has 1 aromatic carbocycles. The Hall–Kier alpha value is -1.70. The number of benzene rings is 1. The average molecular weight is 311 g/mol. The summed E-state index contributed by atoms with van der Waals surface area (Å²) in [6.45, 7) is -0.156. The van der Waals surface area contributed by atoms with E-state index in [4.69, 9.17) is 10.2 Å².